The van der Waals surface area contributed by atoms with Crippen molar-refractivity contribution in [1.29, 1.82) is 0 Å². The van der Waals surface area contributed by atoms with E-state index in [4.69, 9.17) is 9.84 Å². The average Bonchev–Trinajstić information content (AvgIpc) is 2.37. The third-order valence-corrected chi connectivity index (χ3v) is 2.48. The van der Waals surface area contributed by atoms with Crippen LogP contribution in [0, 0.1) is 0 Å². The Hall–Kier alpha value is -1.88. The number of benzene rings is 1. The quantitative estimate of drug-likeness (QED) is 0.754. The number of carbonyl (C=O) groups is 2. The predicted molar refractivity (Wildman–Crippen MR) is 64.8 cm³/mol. The van der Waals surface area contributed by atoms with Gasteiger partial charge < -0.3 is 14.9 Å². The Morgan fingerprint density at radius 1 is 1.33 bits per heavy atom. The minimum Gasteiger partial charge on any atom is -0.493 e. The molecule has 0 saturated heterocycles. The van der Waals surface area contributed by atoms with Crippen LogP contribution < -0.4 is 4.74 Å². The molecule has 0 fully saturated rings. The molecule has 0 radical (unpaired) electrons. The summed E-state index contributed by atoms with van der Waals surface area (Å²) in [4.78, 5) is 22.4. The minimum atomic E-state index is -1.62. The summed E-state index contributed by atoms with van der Waals surface area (Å²) in [6, 6.07) is 4.30. The number of hydrogen-bond acceptors (Lipinski definition) is 4. The second-order valence-electron chi connectivity index (χ2n) is 3.71. The highest BCUT2D eigenvalue weighted by molar-refractivity contribution is 5.98. The number of aliphatic carboxylic acids is 1. The number of rotatable bonds is 6. The molecule has 0 heterocycles. The van der Waals surface area contributed by atoms with E-state index >= 15 is 0 Å². The van der Waals surface area contributed by atoms with Gasteiger partial charge in [0.25, 0.3) is 0 Å². The van der Waals surface area contributed by atoms with Gasteiger partial charge in [-0.1, -0.05) is 13.0 Å². The summed E-state index contributed by atoms with van der Waals surface area (Å²) in [6.07, 6.45) is -1.28. The van der Waals surface area contributed by atoms with Gasteiger partial charge in [0.2, 0.25) is 0 Å². The largest absolute Gasteiger partial charge is 0.493 e. The first-order chi connectivity index (χ1) is 8.51. The number of aliphatic hydroxyl groups excluding tert-OH is 1. The molecule has 0 spiro atoms. The van der Waals surface area contributed by atoms with Crippen LogP contribution in [0.3, 0.4) is 0 Å². The van der Waals surface area contributed by atoms with Crippen molar-refractivity contribution in [3.05, 3.63) is 29.3 Å². The summed E-state index contributed by atoms with van der Waals surface area (Å²) in [7, 11) is 0. The molecule has 1 atom stereocenters. The van der Waals surface area contributed by atoms with Crippen LogP contribution in [-0.4, -0.2) is 28.6 Å². The van der Waals surface area contributed by atoms with E-state index in [1.807, 2.05) is 0 Å². The highest BCUT2D eigenvalue weighted by Crippen LogP contribution is 2.25. The topological polar surface area (TPSA) is 83.8 Å². The lowest BCUT2D eigenvalue weighted by molar-refractivity contribution is -0.146. The molecule has 1 rings (SSSR count). The van der Waals surface area contributed by atoms with Gasteiger partial charge in [0, 0.05) is 6.42 Å². The highest BCUT2D eigenvalue weighted by Gasteiger charge is 2.19. The summed E-state index contributed by atoms with van der Waals surface area (Å²) in [5.41, 5.74) is 0.597. The summed E-state index contributed by atoms with van der Waals surface area (Å²) in [5.74, 6) is -1.12. The molecule has 5 heteroatoms. The molecule has 0 aromatic heterocycles. The number of aliphatic hydroxyl groups is 1. The average molecular weight is 252 g/mol. The zero-order valence-corrected chi connectivity index (χ0v) is 10.3. The molecule has 0 saturated carbocycles. The lowest BCUT2D eigenvalue weighted by Crippen LogP contribution is -2.11. The summed E-state index contributed by atoms with van der Waals surface area (Å²) in [6.45, 7) is 3.86. The SMILES string of the molecule is CCOc1cc(C(O)C(=O)O)ccc1C(=O)CC. The van der Waals surface area contributed by atoms with Crippen LogP contribution in [0.25, 0.3) is 0 Å². The normalized spacial score (nSPS) is 11.9. The smallest absolute Gasteiger partial charge is 0.337 e. The minimum absolute atomic E-state index is 0.0881. The van der Waals surface area contributed by atoms with Gasteiger partial charge in [-0.15, -0.1) is 0 Å². The second kappa shape index (κ2) is 6.16. The van der Waals surface area contributed by atoms with E-state index in [-0.39, 0.29) is 11.3 Å². The molecule has 1 unspecified atom stereocenters. The molecule has 18 heavy (non-hydrogen) atoms. The van der Waals surface area contributed by atoms with Gasteiger partial charge in [-0.2, -0.15) is 0 Å². The molecular formula is C13H16O5. The van der Waals surface area contributed by atoms with Crippen LogP contribution >= 0.6 is 0 Å². The lowest BCUT2D eigenvalue weighted by atomic mass is 10.0. The van der Waals surface area contributed by atoms with Crippen molar-refractivity contribution >= 4 is 11.8 Å². The van der Waals surface area contributed by atoms with E-state index in [1.54, 1.807) is 13.8 Å². The maximum absolute atomic E-state index is 11.7. The van der Waals surface area contributed by atoms with Gasteiger partial charge in [0.1, 0.15) is 5.75 Å². The van der Waals surface area contributed by atoms with Crippen LogP contribution in [0.15, 0.2) is 18.2 Å². The third kappa shape index (κ3) is 3.07. The third-order valence-electron chi connectivity index (χ3n) is 2.48. The van der Waals surface area contributed by atoms with Crippen molar-refractivity contribution in [3.63, 3.8) is 0 Å². The van der Waals surface area contributed by atoms with Crippen molar-refractivity contribution in [2.75, 3.05) is 6.61 Å². The van der Waals surface area contributed by atoms with Gasteiger partial charge >= 0.3 is 5.97 Å². The van der Waals surface area contributed by atoms with E-state index in [2.05, 4.69) is 0 Å². The molecule has 1 aromatic carbocycles. The molecule has 5 nitrogen and oxygen atoms in total. The molecule has 2 N–H and O–H groups in total. The molecule has 98 valence electrons. The Balaban J connectivity index is 3.18. The number of carbonyl (C=O) groups excluding carboxylic acids is 1. The second-order valence-corrected chi connectivity index (χ2v) is 3.71. The number of carboxylic acids is 1. The Morgan fingerprint density at radius 2 is 2.00 bits per heavy atom. The van der Waals surface area contributed by atoms with Crippen LogP contribution in [0.2, 0.25) is 0 Å². The van der Waals surface area contributed by atoms with Gasteiger partial charge in [-0.25, -0.2) is 4.79 Å². The fourth-order valence-corrected chi connectivity index (χ4v) is 1.55. The zero-order chi connectivity index (χ0) is 13.7. The molecule has 1 aromatic rings. The van der Waals surface area contributed by atoms with Crippen molar-refractivity contribution in [2.24, 2.45) is 0 Å². The van der Waals surface area contributed by atoms with Crippen LogP contribution in [-0.2, 0) is 4.79 Å². The Kier molecular flexibility index (Phi) is 4.85. The highest BCUT2D eigenvalue weighted by atomic mass is 16.5. The van der Waals surface area contributed by atoms with Crippen LogP contribution in [0.4, 0.5) is 0 Å². The maximum atomic E-state index is 11.7. The fourth-order valence-electron chi connectivity index (χ4n) is 1.55. The van der Waals surface area contributed by atoms with Gasteiger partial charge in [0.05, 0.1) is 12.2 Å². The van der Waals surface area contributed by atoms with E-state index in [9.17, 15) is 14.7 Å². The van der Waals surface area contributed by atoms with Gasteiger partial charge in [-0.05, 0) is 24.6 Å². The van der Waals surface area contributed by atoms with Crippen molar-refractivity contribution < 1.29 is 24.5 Å². The lowest BCUT2D eigenvalue weighted by Gasteiger charge is -2.12. The van der Waals surface area contributed by atoms with E-state index in [1.165, 1.54) is 18.2 Å². The zero-order valence-electron chi connectivity index (χ0n) is 10.3. The number of ether oxygens (including phenoxy) is 1. The van der Waals surface area contributed by atoms with Gasteiger partial charge in [0.15, 0.2) is 11.9 Å². The van der Waals surface area contributed by atoms with Crippen molar-refractivity contribution in [1.82, 2.24) is 0 Å². The maximum Gasteiger partial charge on any atom is 0.337 e. The molecular weight excluding hydrogens is 236 g/mol. The number of ketones is 1. The molecule has 0 aliphatic heterocycles. The van der Waals surface area contributed by atoms with Crippen LogP contribution in [0.1, 0.15) is 42.3 Å². The monoisotopic (exact) mass is 252 g/mol. The molecule has 0 aliphatic carbocycles. The van der Waals surface area contributed by atoms with Gasteiger partial charge in [-0.3, -0.25) is 4.79 Å². The first kappa shape index (κ1) is 14.2. The Bertz CT molecular complexity index is 453. The summed E-state index contributed by atoms with van der Waals surface area (Å²) in [5, 5.41) is 18.2. The summed E-state index contributed by atoms with van der Waals surface area (Å²) < 4.78 is 5.31. The predicted octanol–water partition coefficient (Wildman–Crippen LogP) is 1.80. The molecule has 0 bridgehead atoms. The van der Waals surface area contributed by atoms with Crippen LogP contribution in [0.5, 0.6) is 5.75 Å². The molecule has 0 amide bonds. The van der Waals surface area contributed by atoms with Crippen molar-refractivity contribution in [2.45, 2.75) is 26.4 Å². The standard InChI is InChI=1S/C13H16O5/c1-3-10(14)9-6-5-8(12(15)13(16)17)7-11(9)18-4-2/h5-7,12,15H,3-4H2,1-2H3,(H,16,17). The Labute approximate surface area is 105 Å². The molecule has 0 aliphatic rings. The number of hydrogen-bond donors (Lipinski definition) is 2. The first-order valence-electron chi connectivity index (χ1n) is 5.72. The first-order valence-corrected chi connectivity index (χ1v) is 5.72. The summed E-state index contributed by atoms with van der Waals surface area (Å²) >= 11 is 0. The number of carboxylic acid groups (broad SMARTS) is 1. The van der Waals surface area contributed by atoms with E-state index in [0.717, 1.165) is 0 Å². The van der Waals surface area contributed by atoms with E-state index in [0.29, 0.717) is 24.3 Å². The number of Topliss-reactive ketones (excluding diaryl/α,β-unsaturated/α-hetero) is 1. The Morgan fingerprint density at radius 3 is 2.50 bits per heavy atom. The van der Waals surface area contributed by atoms with Crippen molar-refractivity contribution in [3.8, 4) is 5.75 Å². The van der Waals surface area contributed by atoms with E-state index < -0.39 is 12.1 Å². The fraction of sp³-hybridized carbons (Fsp3) is 0.385.